The molecule has 4 heteroatoms. The summed E-state index contributed by atoms with van der Waals surface area (Å²) in [6, 6.07) is 17.6. The Balaban J connectivity index is 1.90. The van der Waals surface area contributed by atoms with Crippen molar-refractivity contribution in [3.63, 3.8) is 0 Å². The van der Waals surface area contributed by atoms with Crippen molar-refractivity contribution >= 4 is 5.91 Å². The van der Waals surface area contributed by atoms with E-state index in [4.69, 9.17) is 4.74 Å². The van der Waals surface area contributed by atoms with Gasteiger partial charge in [-0.2, -0.15) is 0 Å². The summed E-state index contributed by atoms with van der Waals surface area (Å²) in [7, 11) is 0. The van der Waals surface area contributed by atoms with Gasteiger partial charge in [-0.3, -0.25) is 4.79 Å². The lowest BCUT2D eigenvalue weighted by molar-refractivity contribution is -0.123. The van der Waals surface area contributed by atoms with Crippen LogP contribution < -0.4 is 10.1 Å². The van der Waals surface area contributed by atoms with Gasteiger partial charge in [0.05, 0.1) is 6.10 Å². The van der Waals surface area contributed by atoms with E-state index < -0.39 is 0 Å². The molecule has 0 aliphatic carbocycles. The lowest BCUT2D eigenvalue weighted by Gasteiger charge is -2.12. The fraction of sp³-hybridized carbons (Fsp3) is 0.316. The number of carbonyl (C=O) groups excluding carboxylic acids is 1. The number of rotatable bonds is 8. The Kier molecular flexibility index (Phi) is 6.63. The third-order valence-electron chi connectivity index (χ3n) is 3.60. The third kappa shape index (κ3) is 5.42. The van der Waals surface area contributed by atoms with E-state index in [-0.39, 0.29) is 18.6 Å². The number of aliphatic hydroxyl groups excluding tert-OH is 1. The maximum absolute atomic E-state index is 11.8. The molecule has 1 unspecified atom stereocenters. The maximum atomic E-state index is 11.8. The highest BCUT2D eigenvalue weighted by atomic mass is 16.5. The van der Waals surface area contributed by atoms with Crippen molar-refractivity contribution < 1.29 is 14.6 Å². The van der Waals surface area contributed by atoms with Crippen molar-refractivity contribution in [2.24, 2.45) is 0 Å². The monoisotopic (exact) mass is 313 g/mol. The van der Waals surface area contributed by atoms with Gasteiger partial charge in [0, 0.05) is 12.1 Å². The van der Waals surface area contributed by atoms with Gasteiger partial charge >= 0.3 is 0 Å². The summed E-state index contributed by atoms with van der Waals surface area (Å²) in [6.45, 7) is 2.33. The zero-order valence-electron chi connectivity index (χ0n) is 13.4. The van der Waals surface area contributed by atoms with Crippen molar-refractivity contribution in [2.75, 3.05) is 13.2 Å². The zero-order valence-corrected chi connectivity index (χ0v) is 13.4. The second kappa shape index (κ2) is 8.96. The van der Waals surface area contributed by atoms with Crippen molar-refractivity contribution in [1.29, 1.82) is 0 Å². The molecule has 4 nitrogen and oxygen atoms in total. The summed E-state index contributed by atoms with van der Waals surface area (Å²) in [4.78, 5) is 11.8. The fourth-order valence-corrected chi connectivity index (χ4v) is 2.23. The minimum absolute atomic E-state index is 0.0356. The quantitative estimate of drug-likeness (QED) is 0.787. The van der Waals surface area contributed by atoms with Gasteiger partial charge in [0.25, 0.3) is 5.91 Å². The van der Waals surface area contributed by atoms with Crippen LogP contribution in [0.1, 0.15) is 19.8 Å². The van der Waals surface area contributed by atoms with E-state index in [9.17, 15) is 9.90 Å². The smallest absolute Gasteiger partial charge is 0.257 e. The molecule has 0 saturated heterocycles. The molecule has 0 fully saturated rings. The average molecular weight is 313 g/mol. The lowest BCUT2D eigenvalue weighted by atomic mass is 10.1. The molecule has 0 aliphatic rings. The SMILES string of the molecule is CCC(O)CCNC(=O)COc1ccccc1-c1ccccc1. The number of aliphatic hydroxyl groups is 1. The molecule has 0 spiro atoms. The van der Waals surface area contributed by atoms with E-state index in [1.165, 1.54) is 0 Å². The topological polar surface area (TPSA) is 58.6 Å². The molecule has 2 N–H and O–H groups in total. The number of benzene rings is 2. The van der Waals surface area contributed by atoms with Gasteiger partial charge < -0.3 is 15.2 Å². The second-order valence-electron chi connectivity index (χ2n) is 5.35. The van der Waals surface area contributed by atoms with Crippen molar-refractivity contribution in [2.45, 2.75) is 25.9 Å². The first-order valence-corrected chi connectivity index (χ1v) is 7.92. The van der Waals surface area contributed by atoms with Gasteiger partial charge in [0.1, 0.15) is 5.75 Å². The Morgan fingerprint density at radius 1 is 1.13 bits per heavy atom. The van der Waals surface area contributed by atoms with E-state index in [1.807, 2.05) is 61.5 Å². The second-order valence-corrected chi connectivity index (χ2v) is 5.35. The molecule has 2 aromatic rings. The minimum Gasteiger partial charge on any atom is -0.483 e. The molecular formula is C19H23NO3. The van der Waals surface area contributed by atoms with Gasteiger partial charge in [-0.1, -0.05) is 55.5 Å². The number of nitrogens with one attached hydrogen (secondary N) is 1. The Bertz CT molecular complexity index is 613. The van der Waals surface area contributed by atoms with Crippen LogP contribution in [0.3, 0.4) is 0 Å². The molecule has 0 bridgehead atoms. The summed E-state index contributed by atoms with van der Waals surface area (Å²) >= 11 is 0. The molecule has 0 aromatic heterocycles. The summed E-state index contributed by atoms with van der Waals surface area (Å²) in [6.07, 6.45) is 0.884. The predicted molar refractivity (Wildman–Crippen MR) is 91.3 cm³/mol. The minimum atomic E-state index is -0.366. The van der Waals surface area contributed by atoms with Crippen LogP contribution in [0.4, 0.5) is 0 Å². The molecule has 0 saturated carbocycles. The van der Waals surface area contributed by atoms with Crippen molar-refractivity contribution in [1.82, 2.24) is 5.32 Å². The Labute approximate surface area is 137 Å². The van der Waals surface area contributed by atoms with E-state index in [2.05, 4.69) is 5.32 Å². The predicted octanol–water partition coefficient (Wildman–Crippen LogP) is 3.01. The van der Waals surface area contributed by atoms with Crippen LogP contribution in [0.5, 0.6) is 5.75 Å². The van der Waals surface area contributed by atoms with Gasteiger partial charge in [-0.15, -0.1) is 0 Å². The third-order valence-corrected chi connectivity index (χ3v) is 3.60. The van der Waals surface area contributed by atoms with Crippen molar-refractivity contribution in [3.8, 4) is 16.9 Å². The first-order chi connectivity index (χ1) is 11.2. The Morgan fingerprint density at radius 2 is 1.83 bits per heavy atom. The van der Waals surface area contributed by atoms with Crippen LogP contribution in [0.15, 0.2) is 54.6 Å². The highest BCUT2D eigenvalue weighted by molar-refractivity contribution is 5.78. The largest absolute Gasteiger partial charge is 0.483 e. The van der Waals surface area contributed by atoms with Crippen LogP contribution in [0.2, 0.25) is 0 Å². The van der Waals surface area contributed by atoms with Crippen LogP contribution in [0.25, 0.3) is 11.1 Å². The van der Waals surface area contributed by atoms with Gasteiger partial charge in [0.15, 0.2) is 6.61 Å². The number of para-hydroxylation sites is 1. The Morgan fingerprint density at radius 3 is 2.57 bits per heavy atom. The highest BCUT2D eigenvalue weighted by Gasteiger charge is 2.08. The van der Waals surface area contributed by atoms with Crippen LogP contribution >= 0.6 is 0 Å². The van der Waals surface area contributed by atoms with E-state index in [0.717, 1.165) is 11.1 Å². The molecule has 2 aromatic carbocycles. The van der Waals surface area contributed by atoms with E-state index in [1.54, 1.807) is 0 Å². The van der Waals surface area contributed by atoms with E-state index in [0.29, 0.717) is 25.1 Å². The molecule has 0 radical (unpaired) electrons. The zero-order chi connectivity index (χ0) is 16.5. The van der Waals surface area contributed by atoms with Gasteiger partial charge in [-0.05, 0) is 24.5 Å². The summed E-state index contributed by atoms with van der Waals surface area (Å²) < 4.78 is 5.66. The maximum Gasteiger partial charge on any atom is 0.257 e. The fourth-order valence-electron chi connectivity index (χ4n) is 2.23. The molecule has 1 amide bonds. The molecule has 0 aliphatic heterocycles. The molecule has 122 valence electrons. The number of amides is 1. The van der Waals surface area contributed by atoms with Crippen LogP contribution in [0, 0.1) is 0 Å². The standard InChI is InChI=1S/C19H23NO3/c1-2-16(21)12-13-20-19(22)14-23-18-11-7-6-10-17(18)15-8-4-3-5-9-15/h3-11,16,21H,2,12-14H2,1H3,(H,20,22). The highest BCUT2D eigenvalue weighted by Crippen LogP contribution is 2.29. The average Bonchev–Trinajstić information content (AvgIpc) is 2.60. The summed E-state index contributed by atoms with van der Waals surface area (Å²) in [5, 5.41) is 12.2. The molecule has 23 heavy (non-hydrogen) atoms. The number of carbonyl (C=O) groups is 1. The van der Waals surface area contributed by atoms with Crippen LogP contribution in [-0.4, -0.2) is 30.3 Å². The first-order valence-electron chi connectivity index (χ1n) is 7.92. The molecular weight excluding hydrogens is 290 g/mol. The normalized spacial score (nSPS) is 11.7. The van der Waals surface area contributed by atoms with E-state index >= 15 is 0 Å². The molecule has 2 rings (SSSR count). The Hall–Kier alpha value is -2.33. The molecule has 1 atom stereocenters. The number of hydrogen-bond donors (Lipinski definition) is 2. The van der Waals surface area contributed by atoms with Crippen LogP contribution in [-0.2, 0) is 4.79 Å². The molecule has 0 heterocycles. The lowest BCUT2D eigenvalue weighted by Crippen LogP contribution is -2.31. The van der Waals surface area contributed by atoms with Gasteiger partial charge in [-0.25, -0.2) is 0 Å². The van der Waals surface area contributed by atoms with Gasteiger partial charge in [0.2, 0.25) is 0 Å². The first kappa shape index (κ1) is 17.0. The number of ether oxygens (including phenoxy) is 1. The number of hydrogen-bond acceptors (Lipinski definition) is 3. The summed E-state index contributed by atoms with van der Waals surface area (Å²) in [5.41, 5.74) is 2.01. The summed E-state index contributed by atoms with van der Waals surface area (Å²) in [5.74, 6) is 0.499. The van der Waals surface area contributed by atoms with Crippen molar-refractivity contribution in [3.05, 3.63) is 54.6 Å².